The van der Waals surface area contributed by atoms with Crippen LogP contribution in [-0.4, -0.2) is 14.6 Å². The van der Waals surface area contributed by atoms with Crippen molar-refractivity contribution in [2.75, 3.05) is 0 Å². The average Bonchev–Trinajstić information content (AvgIpc) is 2.70. The van der Waals surface area contributed by atoms with Gasteiger partial charge in [0.2, 0.25) is 0 Å². The molecule has 0 fully saturated rings. The number of hydrogen-bond acceptors (Lipinski definition) is 4. The Hall–Kier alpha value is -2.54. The number of para-hydroxylation sites is 1. The molecule has 0 unspecified atom stereocenters. The average molecular weight is 449 g/mol. The van der Waals surface area contributed by atoms with Crippen molar-refractivity contribution in [2.45, 2.75) is 18.4 Å². The molecule has 0 aromatic heterocycles. The Balaban J connectivity index is 1.70. The summed E-state index contributed by atoms with van der Waals surface area (Å²) in [4.78, 5) is 2.13. The molecule has 150 valence electrons. The first-order chi connectivity index (χ1) is 13.8. The van der Waals surface area contributed by atoms with Gasteiger partial charge >= 0.3 is 0 Å². The molecule has 0 saturated heterocycles. The van der Waals surface area contributed by atoms with Crippen molar-refractivity contribution >= 4 is 39.4 Å². The van der Waals surface area contributed by atoms with Gasteiger partial charge in [-0.1, -0.05) is 65.2 Å². The van der Waals surface area contributed by atoms with E-state index < -0.39 is 10.0 Å². The number of nitrogens with zero attached hydrogens (tertiary/aromatic N) is 1. The molecule has 0 bridgehead atoms. The minimum Gasteiger partial charge on any atom is -0.488 e. The Morgan fingerprint density at radius 1 is 1.00 bits per heavy atom. The SMILES string of the molecule is Cc1ccc(COc2ccccc2/C=N/NS(=O)(=O)c2ccc(Cl)c(Cl)c2)cc1. The van der Waals surface area contributed by atoms with Crippen molar-refractivity contribution in [3.05, 3.63) is 93.5 Å². The van der Waals surface area contributed by atoms with Gasteiger partial charge < -0.3 is 4.74 Å². The highest BCUT2D eigenvalue weighted by Crippen LogP contribution is 2.24. The molecule has 0 heterocycles. The number of aryl methyl sites for hydroxylation is 1. The summed E-state index contributed by atoms with van der Waals surface area (Å²) in [5.74, 6) is 0.588. The molecule has 0 spiro atoms. The Labute approximate surface area is 180 Å². The van der Waals surface area contributed by atoms with Crippen LogP contribution in [0.1, 0.15) is 16.7 Å². The zero-order chi connectivity index (χ0) is 20.9. The topological polar surface area (TPSA) is 67.8 Å². The molecular formula is C21H18Cl2N2O3S. The maximum Gasteiger partial charge on any atom is 0.276 e. The Morgan fingerprint density at radius 2 is 1.72 bits per heavy atom. The van der Waals surface area contributed by atoms with Gasteiger partial charge in [0.15, 0.2) is 0 Å². The first-order valence-electron chi connectivity index (χ1n) is 8.62. The third-order valence-electron chi connectivity index (χ3n) is 4.01. The Kier molecular flexibility index (Phi) is 6.79. The van der Waals surface area contributed by atoms with E-state index in [-0.39, 0.29) is 14.9 Å². The van der Waals surface area contributed by atoms with Crippen LogP contribution in [0.15, 0.2) is 76.7 Å². The van der Waals surface area contributed by atoms with Crippen LogP contribution in [0.2, 0.25) is 10.0 Å². The molecule has 3 aromatic carbocycles. The lowest BCUT2D eigenvalue weighted by molar-refractivity contribution is 0.306. The second-order valence-electron chi connectivity index (χ2n) is 6.24. The molecule has 3 rings (SSSR count). The fourth-order valence-corrected chi connectivity index (χ4v) is 3.61. The molecule has 0 radical (unpaired) electrons. The summed E-state index contributed by atoms with van der Waals surface area (Å²) in [5, 5.41) is 4.27. The van der Waals surface area contributed by atoms with Gasteiger partial charge in [-0.2, -0.15) is 13.5 Å². The molecule has 5 nitrogen and oxygen atoms in total. The lowest BCUT2D eigenvalue weighted by atomic mass is 10.1. The van der Waals surface area contributed by atoms with Gasteiger partial charge in [-0.05, 0) is 42.8 Å². The van der Waals surface area contributed by atoms with Crippen molar-refractivity contribution in [3.63, 3.8) is 0 Å². The fraction of sp³-hybridized carbons (Fsp3) is 0.0952. The monoisotopic (exact) mass is 448 g/mol. The smallest absolute Gasteiger partial charge is 0.276 e. The zero-order valence-electron chi connectivity index (χ0n) is 15.5. The van der Waals surface area contributed by atoms with Gasteiger partial charge in [-0.25, -0.2) is 4.83 Å². The first kappa shape index (κ1) is 21.2. The third-order valence-corrected chi connectivity index (χ3v) is 5.97. The second-order valence-corrected chi connectivity index (χ2v) is 8.72. The van der Waals surface area contributed by atoms with Crippen LogP contribution in [0, 0.1) is 6.92 Å². The summed E-state index contributed by atoms with van der Waals surface area (Å²) in [5.41, 5.74) is 2.84. The van der Waals surface area contributed by atoms with Crippen LogP contribution < -0.4 is 9.57 Å². The second kappa shape index (κ2) is 9.31. The Bertz CT molecular complexity index is 1130. The minimum atomic E-state index is -3.87. The molecule has 0 amide bonds. The van der Waals surface area contributed by atoms with E-state index in [9.17, 15) is 8.42 Å². The van der Waals surface area contributed by atoms with Gasteiger partial charge in [0.25, 0.3) is 10.0 Å². The zero-order valence-corrected chi connectivity index (χ0v) is 17.8. The van der Waals surface area contributed by atoms with Crippen LogP contribution in [-0.2, 0) is 16.6 Å². The quantitative estimate of drug-likeness (QED) is 0.399. The highest BCUT2D eigenvalue weighted by atomic mass is 35.5. The van der Waals surface area contributed by atoms with E-state index in [0.29, 0.717) is 17.9 Å². The van der Waals surface area contributed by atoms with Crippen molar-refractivity contribution in [2.24, 2.45) is 5.10 Å². The summed E-state index contributed by atoms with van der Waals surface area (Å²) in [6, 6.07) is 19.3. The standard InChI is InChI=1S/C21H18Cl2N2O3S/c1-15-6-8-16(9-7-15)14-28-21-5-3-2-4-17(21)13-24-25-29(26,27)18-10-11-19(22)20(23)12-18/h2-13,25H,14H2,1H3/b24-13+. The number of hydrazone groups is 1. The summed E-state index contributed by atoms with van der Waals surface area (Å²) in [7, 11) is -3.87. The lowest BCUT2D eigenvalue weighted by Crippen LogP contribution is -2.18. The molecule has 3 aromatic rings. The van der Waals surface area contributed by atoms with Gasteiger partial charge in [0, 0.05) is 5.56 Å². The van der Waals surface area contributed by atoms with Crippen LogP contribution in [0.3, 0.4) is 0 Å². The number of nitrogens with one attached hydrogen (secondary N) is 1. The van der Waals surface area contributed by atoms with Gasteiger partial charge in [0.1, 0.15) is 12.4 Å². The van der Waals surface area contributed by atoms with Crippen LogP contribution in [0.4, 0.5) is 0 Å². The highest BCUT2D eigenvalue weighted by molar-refractivity contribution is 7.89. The van der Waals surface area contributed by atoms with Crippen LogP contribution >= 0.6 is 23.2 Å². The van der Waals surface area contributed by atoms with Gasteiger partial charge in [0.05, 0.1) is 21.2 Å². The molecule has 0 aliphatic carbocycles. The van der Waals surface area contributed by atoms with E-state index in [2.05, 4.69) is 9.93 Å². The van der Waals surface area contributed by atoms with E-state index in [4.69, 9.17) is 27.9 Å². The number of benzene rings is 3. The molecule has 0 aliphatic heterocycles. The maximum atomic E-state index is 12.4. The molecule has 1 N–H and O–H groups in total. The molecular weight excluding hydrogens is 431 g/mol. The summed E-state index contributed by atoms with van der Waals surface area (Å²) < 4.78 is 30.6. The van der Waals surface area contributed by atoms with Crippen molar-refractivity contribution in [3.8, 4) is 5.75 Å². The van der Waals surface area contributed by atoms with E-state index in [1.807, 2.05) is 43.3 Å². The number of rotatable bonds is 7. The fourth-order valence-electron chi connectivity index (χ4n) is 2.43. The van der Waals surface area contributed by atoms with Crippen molar-refractivity contribution < 1.29 is 13.2 Å². The summed E-state index contributed by atoms with van der Waals surface area (Å²) in [6.07, 6.45) is 1.39. The number of hydrogen-bond donors (Lipinski definition) is 1. The number of ether oxygens (including phenoxy) is 1. The van der Waals surface area contributed by atoms with E-state index in [1.54, 1.807) is 12.1 Å². The maximum absolute atomic E-state index is 12.4. The van der Waals surface area contributed by atoms with Crippen molar-refractivity contribution in [1.82, 2.24) is 4.83 Å². The molecule has 8 heteroatoms. The predicted octanol–water partition coefficient (Wildman–Crippen LogP) is 5.19. The summed E-state index contributed by atoms with van der Waals surface area (Å²) in [6.45, 7) is 2.41. The number of sulfonamides is 1. The predicted molar refractivity (Wildman–Crippen MR) is 116 cm³/mol. The number of halogens is 2. The molecule has 29 heavy (non-hydrogen) atoms. The Morgan fingerprint density at radius 3 is 2.45 bits per heavy atom. The molecule has 0 saturated carbocycles. The minimum absolute atomic E-state index is 0.0343. The van der Waals surface area contributed by atoms with Gasteiger partial charge in [-0.3, -0.25) is 0 Å². The molecule has 0 aliphatic rings. The van der Waals surface area contributed by atoms with Gasteiger partial charge in [-0.15, -0.1) is 0 Å². The largest absolute Gasteiger partial charge is 0.488 e. The summed E-state index contributed by atoms with van der Waals surface area (Å²) >= 11 is 11.7. The van der Waals surface area contributed by atoms with E-state index in [0.717, 1.165) is 5.56 Å². The van der Waals surface area contributed by atoms with Crippen LogP contribution in [0.25, 0.3) is 0 Å². The van der Waals surface area contributed by atoms with E-state index >= 15 is 0 Å². The normalized spacial score (nSPS) is 11.6. The van der Waals surface area contributed by atoms with Crippen LogP contribution in [0.5, 0.6) is 5.75 Å². The first-order valence-corrected chi connectivity index (χ1v) is 10.9. The molecule has 0 atom stereocenters. The lowest BCUT2D eigenvalue weighted by Gasteiger charge is -2.09. The van der Waals surface area contributed by atoms with E-state index in [1.165, 1.54) is 30.0 Å². The third kappa shape index (κ3) is 5.73. The highest BCUT2D eigenvalue weighted by Gasteiger charge is 2.14. The van der Waals surface area contributed by atoms with Crippen molar-refractivity contribution in [1.29, 1.82) is 0 Å².